The molecule has 0 atom stereocenters. The van der Waals surface area contributed by atoms with Crippen molar-refractivity contribution in [2.45, 2.75) is 19.5 Å². The van der Waals surface area contributed by atoms with Crippen LogP contribution in [-0.4, -0.2) is 59.9 Å². The number of piperazine rings is 1. The van der Waals surface area contributed by atoms with Crippen molar-refractivity contribution in [3.05, 3.63) is 46.5 Å². The number of carbonyl (C=O) groups is 1. The third-order valence-corrected chi connectivity index (χ3v) is 6.97. The average Bonchev–Trinajstić information content (AvgIpc) is 3.32. The number of hydrogen-bond donors (Lipinski definition) is 1. The molecule has 3 aromatic rings. The SMILES string of the molecule is Cc1nn(C)c2sc(C(=O)NCCCN3CCN(c4cccc(C(F)(F)F)c4)CC3)cc12. The first-order valence-corrected chi connectivity index (χ1v) is 11.4. The fraction of sp³-hybridized carbons (Fsp3) is 0.455. The van der Waals surface area contributed by atoms with Gasteiger partial charge in [0, 0.05) is 50.8 Å². The van der Waals surface area contributed by atoms with E-state index in [1.807, 2.05) is 24.9 Å². The fourth-order valence-electron chi connectivity index (χ4n) is 4.02. The van der Waals surface area contributed by atoms with E-state index >= 15 is 0 Å². The van der Waals surface area contributed by atoms with Crippen LogP contribution in [-0.2, 0) is 13.2 Å². The molecule has 0 radical (unpaired) electrons. The maximum atomic E-state index is 12.9. The van der Waals surface area contributed by atoms with Crippen LogP contribution in [0, 0.1) is 6.92 Å². The summed E-state index contributed by atoms with van der Waals surface area (Å²) in [6.07, 6.45) is -3.51. The molecule has 10 heteroatoms. The van der Waals surface area contributed by atoms with E-state index in [0.717, 1.165) is 48.0 Å². The number of hydrogen-bond acceptors (Lipinski definition) is 5. The van der Waals surface area contributed by atoms with E-state index in [2.05, 4.69) is 15.3 Å². The van der Waals surface area contributed by atoms with Crippen LogP contribution in [0.1, 0.15) is 27.3 Å². The van der Waals surface area contributed by atoms with Gasteiger partial charge in [0.2, 0.25) is 0 Å². The maximum Gasteiger partial charge on any atom is 0.416 e. The van der Waals surface area contributed by atoms with E-state index in [0.29, 0.717) is 30.2 Å². The van der Waals surface area contributed by atoms with Crippen LogP contribution in [0.4, 0.5) is 18.9 Å². The molecule has 1 aromatic carbocycles. The largest absolute Gasteiger partial charge is 0.416 e. The van der Waals surface area contributed by atoms with Gasteiger partial charge in [-0.3, -0.25) is 14.4 Å². The second-order valence-electron chi connectivity index (χ2n) is 8.02. The number of rotatable bonds is 6. The van der Waals surface area contributed by atoms with Crippen LogP contribution in [0.5, 0.6) is 0 Å². The Morgan fingerprint density at radius 2 is 1.94 bits per heavy atom. The van der Waals surface area contributed by atoms with Crippen LogP contribution >= 0.6 is 11.3 Å². The number of anilines is 1. The molecule has 0 unspecified atom stereocenters. The summed E-state index contributed by atoms with van der Waals surface area (Å²) in [7, 11) is 1.88. The Balaban J connectivity index is 1.21. The molecule has 0 bridgehead atoms. The van der Waals surface area contributed by atoms with Crippen LogP contribution in [0.25, 0.3) is 10.2 Å². The van der Waals surface area contributed by atoms with Gasteiger partial charge in [0.15, 0.2) is 0 Å². The Kier molecular flexibility index (Phi) is 6.43. The van der Waals surface area contributed by atoms with Gasteiger partial charge in [0.05, 0.1) is 16.1 Å². The zero-order valence-electron chi connectivity index (χ0n) is 18.1. The van der Waals surface area contributed by atoms with Crippen molar-refractivity contribution in [3.63, 3.8) is 0 Å². The van der Waals surface area contributed by atoms with Gasteiger partial charge < -0.3 is 10.2 Å². The smallest absolute Gasteiger partial charge is 0.369 e. The quantitative estimate of drug-likeness (QED) is 0.561. The van der Waals surface area contributed by atoms with Gasteiger partial charge >= 0.3 is 6.18 Å². The second kappa shape index (κ2) is 9.11. The van der Waals surface area contributed by atoms with Crippen molar-refractivity contribution < 1.29 is 18.0 Å². The number of thiophene rings is 1. The number of aromatic nitrogens is 2. The van der Waals surface area contributed by atoms with Gasteiger partial charge in [0.25, 0.3) is 5.91 Å². The summed E-state index contributed by atoms with van der Waals surface area (Å²) in [6, 6.07) is 7.40. The molecule has 172 valence electrons. The van der Waals surface area contributed by atoms with E-state index in [9.17, 15) is 18.0 Å². The topological polar surface area (TPSA) is 53.4 Å². The van der Waals surface area contributed by atoms with E-state index in [1.54, 1.807) is 10.7 Å². The minimum absolute atomic E-state index is 0.0695. The molecule has 0 spiro atoms. The monoisotopic (exact) mass is 465 g/mol. The highest BCUT2D eigenvalue weighted by atomic mass is 32.1. The van der Waals surface area contributed by atoms with Gasteiger partial charge in [0.1, 0.15) is 4.83 Å². The van der Waals surface area contributed by atoms with Gasteiger partial charge in [-0.1, -0.05) is 6.07 Å². The number of fused-ring (bicyclic) bond motifs is 1. The van der Waals surface area contributed by atoms with Crippen LogP contribution in [0.3, 0.4) is 0 Å². The van der Waals surface area contributed by atoms with Gasteiger partial charge in [-0.25, -0.2) is 0 Å². The third kappa shape index (κ3) is 4.91. The summed E-state index contributed by atoms with van der Waals surface area (Å²) in [4.78, 5) is 18.4. The van der Waals surface area contributed by atoms with Crippen LogP contribution in [0.15, 0.2) is 30.3 Å². The second-order valence-corrected chi connectivity index (χ2v) is 9.06. The Morgan fingerprint density at radius 3 is 2.62 bits per heavy atom. The summed E-state index contributed by atoms with van der Waals surface area (Å²) < 4.78 is 40.6. The third-order valence-electron chi connectivity index (χ3n) is 5.77. The number of amides is 1. The number of benzene rings is 1. The van der Waals surface area contributed by atoms with E-state index in [-0.39, 0.29) is 5.91 Å². The zero-order chi connectivity index (χ0) is 22.9. The zero-order valence-corrected chi connectivity index (χ0v) is 18.9. The van der Waals surface area contributed by atoms with Crippen molar-refractivity contribution in [2.75, 3.05) is 44.2 Å². The predicted molar refractivity (Wildman–Crippen MR) is 120 cm³/mol. The molecule has 1 amide bonds. The molecule has 0 aliphatic carbocycles. The average molecular weight is 466 g/mol. The Morgan fingerprint density at radius 1 is 1.19 bits per heavy atom. The Hall–Kier alpha value is -2.59. The van der Waals surface area contributed by atoms with Gasteiger partial charge in [-0.05, 0) is 44.2 Å². The molecule has 2 aromatic heterocycles. The fourth-order valence-corrected chi connectivity index (χ4v) is 5.06. The van der Waals surface area contributed by atoms with Crippen molar-refractivity contribution in [3.8, 4) is 0 Å². The molecule has 1 aliphatic rings. The molecule has 3 heterocycles. The standard InChI is InChI=1S/C22H26F3N5OS/c1-15-18-14-19(32-21(18)28(2)27-15)20(31)26-7-4-8-29-9-11-30(12-10-29)17-6-3-5-16(13-17)22(23,24)25/h3,5-6,13-14H,4,7-12H2,1-2H3,(H,26,31). The van der Waals surface area contributed by atoms with Crippen LogP contribution < -0.4 is 10.2 Å². The molecule has 1 saturated heterocycles. The van der Waals surface area contributed by atoms with Crippen molar-refractivity contribution in [1.29, 1.82) is 0 Å². The molecule has 4 rings (SSSR count). The lowest BCUT2D eigenvalue weighted by Gasteiger charge is -2.36. The molecular weight excluding hydrogens is 439 g/mol. The Bertz CT molecular complexity index is 1060. The predicted octanol–water partition coefficient (Wildman–Crippen LogP) is 3.90. The van der Waals surface area contributed by atoms with E-state index < -0.39 is 11.7 Å². The summed E-state index contributed by atoms with van der Waals surface area (Å²) in [5.41, 5.74) is 0.917. The Labute approximate surface area is 188 Å². The highest BCUT2D eigenvalue weighted by Gasteiger charge is 2.31. The van der Waals surface area contributed by atoms with Crippen LogP contribution in [0.2, 0.25) is 0 Å². The molecule has 0 saturated carbocycles. The molecule has 32 heavy (non-hydrogen) atoms. The molecular formula is C22H26F3N5OS. The first kappa shape index (κ1) is 22.6. The number of nitrogens with one attached hydrogen (secondary N) is 1. The number of nitrogens with zero attached hydrogens (tertiary/aromatic N) is 4. The van der Waals surface area contributed by atoms with Gasteiger partial charge in [-0.15, -0.1) is 11.3 Å². The highest BCUT2D eigenvalue weighted by Crippen LogP contribution is 2.32. The van der Waals surface area contributed by atoms with Gasteiger partial charge in [-0.2, -0.15) is 18.3 Å². The number of alkyl halides is 3. The summed E-state index contributed by atoms with van der Waals surface area (Å²) >= 11 is 1.44. The lowest BCUT2D eigenvalue weighted by atomic mass is 10.1. The van der Waals surface area contributed by atoms with Crippen molar-refractivity contribution >= 4 is 33.1 Å². The first-order valence-electron chi connectivity index (χ1n) is 10.6. The van der Waals surface area contributed by atoms with E-state index in [1.165, 1.54) is 23.5 Å². The molecule has 1 aliphatic heterocycles. The number of carbonyl (C=O) groups excluding carboxylic acids is 1. The summed E-state index contributed by atoms with van der Waals surface area (Å²) in [6.45, 7) is 6.29. The minimum atomic E-state index is -4.33. The number of aryl methyl sites for hydroxylation is 2. The van der Waals surface area contributed by atoms with E-state index in [4.69, 9.17) is 0 Å². The summed E-state index contributed by atoms with van der Waals surface area (Å²) in [5.74, 6) is -0.0695. The van der Waals surface area contributed by atoms with Crippen molar-refractivity contribution in [1.82, 2.24) is 20.0 Å². The number of halogens is 3. The molecule has 6 nitrogen and oxygen atoms in total. The lowest BCUT2D eigenvalue weighted by molar-refractivity contribution is -0.137. The normalized spacial score (nSPS) is 15.5. The lowest BCUT2D eigenvalue weighted by Crippen LogP contribution is -2.47. The van der Waals surface area contributed by atoms with Crippen molar-refractivity contribution in [2.24, 2.45) is 7.05 Å². The first-order chi connectivity index (χ1) is 15.2. The highest BCUT2D eigenvalue weighted by molar-refractivity contribution is 7.20. The maximum absolute atomic E-state index is 12.9. The summed E-state index contributed by atoms with van der Waals surface area (Å²) in [5, 5.41) is 8.35. The molecule has 1 N–H and O–H groups in total. The minimum Gasteiger partial charge on any atom is -0.369 e. The molecule has 1 fully saturated rings.